The van der Waals surface area contributed by atoms with E-state index in [0.29, 0.717) is 32.4 Å². The second kappa shape index (κ2) is 6.49. The van der Waals surface area contributed by atoms with Gasteiger partial charge < -0.3 is 15.6 Å². The number of carbonyl (C=O) groups is 1. The van der Waals surface area contributed by atoms with E-state index in [2.05, 4.69) is 0 Å². The smallest absolute Gasteiger partial charge is 0.321 e. The molecule has 3 atom stereocenters. The number of unbranched alkanes of at least 4 members (excludes halogenated alkanes) is 1. The van der Waals surface area contributed by atoms with Gasteiger partial charge in [-0.25, -0.2) is 8.42 Å². The molecule has 7 heteroatoms. The summed E-state index contributed by atoms with van der Waals surface area (Å²) in [6.45, 7) is 2.49. The van der Waals surface area contributed by atoms with E-state index < -0.39 is 32.4 Å². The molecular weight excluding hydrogens is 258 g/mol. The summed E-state index contributed by atoms with van der Waals surface area (Å²) in [4.78, 5) is 11.2. The highest BCUT2D eigenvalue weighted by atomic mass is 32.2. The molecule has 0 saturated carbocycles. The lowest BCUT2D eigenvalue weighted by Crippen LogP contribution is -2.40. The fourth-order valence-corrected chi connectivity index (χ4v) is 4.49. The Morgan fingerprint density at radius 1 is 1.50 bits per heavy atom. The lowest BCUT2D eigenvalue weighted by Gasteiger charge is -2.20. The first-order chi connectivity index (χ1) is 8.41. The third kappa shape index (κ3) is 3.43. The lowest BCUT2D eigenvalue weighted by atomic mass is 10.2. The van der Waals surface area contributed by atoms with Gasteiger partial charge in [-0.1, -0.05) is 6.42 Å². The predicted molar refractivity (Wildman–Crippen MR) is 67.1 cm³/mol. The van der Waals surface area contributed by atoms with Crippen LogP contribution < -0.4 is 5.73 Å². The molecule has 3 N–H and O–H groups in total. The number of hydrogen-bond acceptors (Lipinski definition) is 5. The molecule has 0 bridgehead atoms. The molecule has 1 rings (SSSR count). The van der Waals surface area contributed by atoms with Crippen molar-refractivity contribution in [1.82, 2.24) is 0 Å². The molecule has 0 aromatic carbocycles. The predicted octanol–water partition coefficient (Wildman–Crippen LogP) is 0.161. The Morgan fingerprint density at radius 3 is 2.61 bits per heavy atom. The Hall–Kier alpha value is -0.660. The van der Waals surface area contributed by atoms with Crippen LogP contribution in [0.3, 0.4) is 0 Å². The number of ether oxygens (including phenoxy) is 1. The molecule has 1 saturated heterocycles. The van der Waals surface area contributed by atoms with Crippen molar-refractivity contribution < 1.29 is 23.1 Å². The Morgan fingerprint density at radius 2 is 2.17 bits per heavy atom. The Bertz CT molecular complexity index is 381. The van der Waals surface area contributed by atoms with Gasteiger partial charge in [0, 0.05) is 6.61 Å². The highest BCUT2D eigenvalue weighted by molar-refractivity contribution is 7.93. The summed E-state index contributed by atoms with van der Waals surface area (Å²) in [7, 11) is -3.70. The number of hydrogen-bond donors (Lipinski definition) is 2. The van der Waals surface area contributed by atoms with Gasteiger partial charge in [0.05, 0.1) is 11.4 Å². The maximum atomic E-state index is 12.3. The second-order valence-electron chi connectivity index (χ2n) is 4.60. The number of sulfone groups is 1. The van der Waals surface area contributed by atoms with E-state index in [9.17, 15) is 13.2 Å². The van der Waals surface area contributed by atoms with Gasteiger partial charge in [0.2, 0.25) is 0 Å². The molecule has 1 aliphatic rings. The van der Waals surface area contributed by atoms with Crippen molar-refractivity contribution in [3.8, 4) is 0 Å². The Balaban J connectivity index is 2.80. The van der Waals surface area contributed by atoms with Crippen molar-refractivity contribution in [1.29, 1.82) is 0 Å². The summed E-state index contributed by atoms with van der Waals surface area (Å²) in [6, 6.07) is 0. The summed E-state index contributed by atoms with van der Waals surface area (Å²) in [5.74, 6) is -1.27. The van der Waals surface area contributed by atoms with Gasteiger partial charge in [-0.05, 0) is 32.7 Å². The first-order valence-corrected chi connectivity index (χ1v) is 7.79. The van der Waals surface area contributed by atoms with Crippen molar-refractivity contribution in [3.05, 3.63) is 0 Å². The van der Waals surface area contributed by atoms with E-state index in [1.54, 1.807) is 6.92 Å². The van der Waals surface area contributed by atoms with E-state index >= 15 is 0 Å². The number of nitrogens with two attached hydrogens (primary N) is 1. The summed E-state index contributed by atoms with van der Waals surface area (Å²) in [5.41, 5.74) is 5.33. The molecule has 0 amide bonds. The van der Waals surface area contributed by atoms with Crippen LogP contribution in [0.25, 0.3) is 0 Å². The third-order valence-electron chi connectivity index (χ3n) is 3.32. The molecule has 0 aliphatic carbocycles. The molecule has 1 aliphatic heterocycles. The minimum absolute atomic E-state index is 0.123. The molecule has 0 aromatic heterocycles. The van der Waals surface area contributed by atoms with Crippen molar-refractivity contribution in [2.75, 3.05) is 13.2 Å². The third-order valence-corrected chi connectivity index (χ3v) is 6.01. The number of carboxylic acid groups (broad SMARTS) is 1. The summed E-state index contributed by atoms with van der Waals surface area (Å²) >= 11 is 0. The number of carboxylic acids is 1. The first-order valence-electron chi connectivity index (χ1n) is 6.18. The van der Waals surface area contributed by atoms with Gasteiger partial charge in [-0.2, -0.15) is 0 Å². The number of aliphatic carboxylic acids is 1. The van der Waals surface area contributed by atoms with Gasteiger partial charge in [-0.15, -0.1) is 0 Å². The summed E-state index contributed by atoms with van der Waals surface area (Å²) < 4.78 is 29.8. The van der Waals surface area contributed by atoms with Crippen LogP contribution in [0, 0.1) is 0 Å². The zero-order chi connectivity index (χ0) is 13.8. The van der Waals surface area contributed by atoms with Crippen LogP contribution in [0.5, 0.6) is 0 Å². The van der Waals surface area contributed by atoms with Crippen LogP contribution in [0.4, 0.5) is 0 Å². The largest absolute Gasteiger partial charge is 0.480 e. The lowest BCUT2D eigenvalue weighted by molar-refractivity contribution is -0.136. The van der Waals surface area contributed by atoms with Crippen molar-refractivity contribution in [2.24, 2.45) is 5.73 Å². The van der Waals surface area contributed by atoms with Crippen LogP contribution in [-0.2, 0) is 19.4 Å². The SMILES string of the molecule is CC1OCCC1S(=O)(=O)C(CCCCN)C(=O)O. The van der Waals surface area contributed by atoms with Crippen LogP contribution >= 0.6 is 0 Å². The van der Waals surface area contributed by atoms with Gasteiger partial charge in [0.25, 0.3) is 0 Å². The maximum absolute atomic E-state index is 12.3. The minimum Gasteiger partial charge on any atom is -0.480 e. The normalized spacial score (nSPS) is 26.1. The van der Waals surface area contributed by atoms with E-state index in [4.69, 9.17) is 15.6 Å². The van der Waals surface area contributed by atoms with Crippen LogP contribution in [0.1, 0.15) is 32.6 Å². The van der Waals surface area contributed by atoms with E-state index in [0.717, 1.165) is 0 Å². The van der Waals surface area contributed by atoms with Crippen molar-refractivity contribution >= 4 is 15.8 Å². The second-order valence-corrected chi connectivity index (χ2v) is 6.96. The fourth-order valence-electron chi connectivity index (χ4n) is 2.26. The zero-order valence-corrected chi connectivity index (χ0v) is 11.4. The molecular formula is C11H21NO5S. The molecule has 0 aromatic rings. The Kier molecular flexibility index (Phi) is 5.55. The minimum atomic E-state index is -3.70. The monoisotopic (exact) mass is 279 g/mol. The maximum Gasteiger partial charge on any atom is 0.321 e. The molecule has 18 heavy (non-hydrogen) atoms. The van der Waals surface area contributed by atoms with E-state index in [-0.39, 0.29) is 6.42 Å². The first kappa shape index (κ1) is 15.4. The van der Waals surface area contributed by atoms with E-state index in [1.807, 2.05) is 0 Å². The summed E-state index contributed by atoms with van der Waals surface area (Å²) in [5, 5.41) is 7.07. The average molecular weight is 279 g/mol. The molecule has 0 spiro atoms. The molecule has 6 nitrogen and oxygen atoms in total. The standard InChI is InChI=1S/C11H21NO5S/c1-8-9(5-7-17-8)18(15,16)10(11(13)14)4-2-3-6-12/h8-10H,2-7,12H2,1H3,(H,13,14). The molecule has 1 fully saturated rings. The molecule has 0 radical (unpaired) electrons. The summed E-state index contributed by atoms with van der Waals surface area (Å²) in [6.07, 6.45) is 1.22. The molecule has 3 unspecified atom stereocenters. The van der Waals surface area contributed by atoms with Gasteiger partial charge in [0.15, 0.2) is 15.1 Å². The highest BCUT2D eigenvalue weighted by Gasteiger charge is 2.43. The van der Waals surface area contributed by atoms with Gasteiger partial charge in [0.1, 0.15) is 0 Å². The number of rotatable bonds is 7. The Labute approximate surface area is 107 Å². The fraction of sp³-hybridized carbons (Fsp3) is 0.909. The molecule has 106 valence electrons. The van der Waals surface area contributed by atoms with Crippen LogP contribution in [-0.4, -0.2) is 49.2 Å². The van der Waals surface area contributed by atoms with Crippen LogP contribution in [0.2, 0.25) is 0 Å². The van der Waals surface area contributed by atoms with Crippen LogP contribution in [0.15, 0.2) is 0 Å². The zero-order valence-electron chi connectivity index (χ0n) is 10.5. The van der Waals surface area contributed by atoms with E-state index in [1.165, 1.54) is 0 Å². The van der Waals surface area contributed by atoms with Gasteiger partial charge in [-0.3, -0.25) is 4.79 Å². The quantitative estimate of drug-likeness (QED) is 0.643. The molecule has 1 heterocycles. The average Bonchev–Trinajstić information content (AvgIpc) is 2.70. The van der Waals surface area contributed by atoms with Crippen molar-refractivity contribution in [3.63, 3.8) is 0 Å². The topological polar surface area (TPSA) is 107 Å². The van der Waals surface area contributed by atoms with Crippen molar-refractivity contribution in [2.45, 2.75) is 49.2 Å². The highest BCUT2D eigenvalue weighted by Crippen LogP contribution is 2.26. The van der Waals surface area contributed by atoms with Gasteiger partial charge >= 0.3 is 5.97 Å².